The van der Waals surface area contributed by atoms with Crippen molar-refractivity contribution >= 4 is 40.9 Å². The van der Waals surface area contributed by atoms with Crippen LogP contribution < -0.4 is 5.06 Å². The fourth-order valence-electron chi connectivity index (χ4n) is 1.04. The summed E-state index contributed by atoms with van der Waals surface area (Å²) in [7, 11) is 0. The van der Waals surface area contributed by atoms with Gasteiger partial charge < -0.3 is 5.21 Å². The van der Waals surface area contributed by atoms with Gasteiger partial charge in [-0.1, -0.05) is 23.2 Å². The Morgan fingerprint density at radius 2 is 1.92 bits per heavy atom. The molecule has 1 aliphatic heterocycles. The molecular formula is C7H4Cl2N2O. The first-order valence-electron chi connectivity index (χ1n) is 3.26. The average Bonchev–Trinajstić information content (AvgIpc) is 2.35. The third-order valence-corrected chi connectivity index (χ3v) is 2.35. The number of benzene rings is 1. The maximum atomic E-state index is 11.1. The number of hydrogen-bond acceptors (Lipinski definition) is 2. The minimum Gasteiger partial charge on any atom is -0.623 e. The maximum absolute atomic E-state index is 11.1. The first kappa shape index (κ1) is 8.01. The van der Waals surface area contributed by atoms with Gasteiger partial charge in [0.25, 0.3) is 0 Å². The third kappa shape index (κ3) is 1.11. The van der Waals surface area contributed by atoms with Gasteiger partial charge in [0.2, 0.25) is 0 Å². The highest BCUT2D eigenvalue weighted by molar-refractivity contribution is 6.42. The van der Waals surface area contributed by atoms with E-state index in [4.69, 9.17) is 23.2 Å². The van der Waals surface area contributed by atoms with E-state index in [1.54, 1.807) is 6.07 Å². The zero-order valence-electron chi connectivity index (χ0n) is 5.84. The first-order chi connectivity index (χ1) is 5.68. The Hall–Kier alpha value is -0.610. The van der Waals surface area contributed by atoms with Crippen LogP contribution in [-0.2, 0) is 0 Å². The summed E-state index contributed by atoms with van der Waals surface area (Å²) in [4.78, 5) is 3.86. The van der Waals surface area contributed by atoms with E-state index in [1.165, 1.54) is 12.4 Å². The highest BCUT2D eigenvalue weighted by atomic mass is 35.5. The number of fused-ring (bicyclic) bond motifs is 1. The van der Waals surface area contributed by atoms with Crippen molar-refractivity contribution < 1.29 is 5.06 Å². The molecule has 1 atom stereocenters. The predicted molar refractivity (Wildman–Crippen MR) is 48.6 cm³/mol. The zero-order valence-corrected chi connectivity index (χ0v) is 7.36. The summed E-state index contributed by atoms with van der Waals surface area (Å²) in [5, 5.41) is 11.8. The standard InChI is InChI=1S/C7H4Cl2N2O/c8-4-1-6-7(2-5(4)9)11(12)3-10-6/h1-3,11H. The van der Waals surface area contributed by atoms with Crippen LogP contribution in [0.25, 0.3) is 0 Å². The SMILES string of the molecule is [O-][NH+]1C=Nc2cc(Cl)c(Cl)cc21. The van der Waals surface area contributed by atoms with Crippen LogP contribution in [0.3, 0.4) is 0 Å². The summed E-state index contributed by atoms with van der Waals surface area (Å²) in [6, 6.07) is 3.12. The smallest absolute Gasteiger partial charge is 0.194 e. The molecule has 1 aromatic rings. The van der Waals surface area contributed by atoms with Crippen molar-refractivity contribution in [3.8, 4) is 0 Å². The van der Waals surface area contributed by atoms with Gasteiger partial charge in [-0.2, -0.15) is 4.99 Å². The summed E-state index contributed by atoms with van der Waals surface area (Å²) >= 11 is 11.4. The average molecular weight is 203 g/mol. The molecule has 1 N–H and O–H groups in total. The Balaban J connectivity index is 2.62. The van der Waals surface area contributed by atoms with Crippen LogP contribution in [0.15, 0.2) is 17.1 Å². The number of quaternary nitrogens is 1. The summed E-state index contributed by atoms with van der Waals surface area (Å²) in [6.07, 6.45) is 1.26. The maximum Gasteiger partial charge on any atom is 0.194 e. The number of hydrogen-bond donors (Lipinski definition) is 1. The van der Waals surface area contributed by atoms with Crippen molar-refractivity contribution in [3.05, 3.63) is 27.4 Å². The molecule has 62 valence electrons. The lowest BCUT2D eigenvalue weighted by molar-refractivity contribution is -0.655. The van der Waals surface area contributed by atoms with Crippen LogP contribution in [0.1, 0.15) is 0 Å². The lowest BCUT2D eigenvalue weighted by Gasteiger charge is -2.11. The normalized spacial score (nSPS) is 19.8. The van der Waals surface area contributed by atoms with Gasteiger partial charge in [-0.25, -0.2) is 0 Å². The molecule has 0 fully saturated rings. The van der Waals surface area contributed by atoms with E-state index in [2.05, 4.69) is 4.99 Å². The second kappa shape index (κ2) is 2.71. The quantitative estimate of drug-likeness (QED) is 0.640. The highest BCUT2D eigenvalue weighted by Gasteiger charge is 2.16. The molecule has 0 bridgehead atoms. The molecular weight excluding hydrogens is 199 g/mol. The van der Waals surface area contributed by atoms with Gasteiger partial charge in [0, 0.05) is 6.07 Å². The minimum atomic E-state index is -0.122. The van der Waals surface area contributed by atoms with Crippen LogP contribution >= 0.6 is 23.2 Å². The number of nitrogens with zero attached hydrogens (tertiary/aromatic N) is 1. The van der Waals surface area contributed by atoms with Gasteiger partial charge in [0.05, 0.1) is 10.0 Å². The minimum absolute atomic E-state index is 0.122. The highest BCUT2D eigenvalue weighted by Crippen LogP contribution is 2.33. The fourth-order valence-corrected chi connectivity index (χ4v) is 1.36. The lowest BCUT2D eigenvalue weighted by Crippen LogP contribution is -2.99. The summed E-state index contributed by atoms with van der Waals surface area (Å²) < 4.78 is 0. The van der Waals surface area contributed by atoms with Crippen LogP contribution in [-0.4, -0.2) is 6.34 Å². The van der Waals surface area contributed by atoms with Gasteiger partial charge in [0.1, 0.15) is 5.69 Å². The van der Waals surface area contributed by atoms with E-state index >= 15 is 0 Å². The topological polar surface area (TPSA) is 39.9 Å². The van der Waals surface area contributed by atoms with Crippen molar-refractivity contribution in [2.24, 2.45) is 4.99 Å². The number of nitrogens with one attached hydrogen (secondary N) is 1. The van der Waals surface area contributed by atoms with E-state index in [0.29, 0.717) is 21.4 Å². The number of rotatable bonds is 0. The Bertz CT molecular complexity index is 365. The lowest BCUT2D eigenvalue weighted by atomic mass is 10.3. The number of halogens is 2. The van der Waals surface area contributed by atoms with Gasteiger partial charge in [-0.15, -0.1) is 0 Å². The zero-order chi connectivity index (χ0) is 8.72. The van der Waals surface area contributed by atoms with Crippen LogP contribution in [0.4, 0.5) is 11.4 Å². The molecule has 12 heavy (non-hydrogen) atoms. The van der Waals surface area contributed by atoms with Crippen LogP contribution in [0, 0.1) is 5.21 Å². The van der Waals surface area contributed by atoms with Crippen molar-refractivity contribution in [1.82, 2.24) is 0 Å². The molecule has 0 saturated heterocycles. The molecule has 0 aromatic heterocycles. The molecule has 0 spiro atoms. The summed E-state index contributed by atoms with van der Waals surface area (Å²) in [5.74, 6) is 0. The second-order valence-electron chi connectivity index (χ2n) is 2.41. The molecule has 1 aromatic carbocycles. The van der Waals surface area contributed by atoms with Crippen molar-refractivity contribution in [1.29, 1.82) is 0 Å². The monoisotopic (exact) mass is 202 g/mol. The fraction of sp³-hybridized carbons (Fsp3) is 0. The van der Waals surface area contributed by atoms with E-state index in [0.717, 1.165) is 0 Å². The third-order valence-electron chi connectivity index (χ3n) is 1.62. The van der Waals surface area contributed by atoms with Gasteiger partial charge >= 0.3 is 0 Å². The number of aliphatic imine (C=N–C) groups is 1. The molecule has 1 aliphatic rings. The van der Waals surface area contributed by atoms with Crippen molar-refractivity contribution in [2.75, 3.05) is 0 Å². The molecule has 2 rings (SSSR count). The van der Waals surface area contributed by atoms with Crippen molar-refractivity contribution in [3.63, 3.8) is 0 Å². The van der Waals surface area contributed by atoms with Crippen LogP contribution in [0.2, 0.25) is 10.0 Å². The molecule has 1 heterocycles. The molecule has 1 unspecified atom stereocenters. The Kier molecular flexibility index (Phi) is 1.81. The van der Waals surface area contributed by atoms with Crippen LogP contribution in [0.5, 0.6) is 0 Å². The summed E-state index contributed by atoms with van der Waals surface area (Å²) in [6.45, 7) is 0. The molecule has 0 radical (unpaired) electrons. The Labute approximate surface area is 78.8 Å². The first-order valence-corrected chi connectivity index (χ1v) is 4.01. The van der Waals surface area contributed by atoms with E-state index in [-0.39, 0.29) is 5.06 Å². The van der Waals surface area contributed by atoms with Gasteiger partial charge in [0.15, 0.2) is 12.0 Å². The Morgan fingerprint density at radius 1 is 1.25 bits per heavy atom. The Morgan fingerprint density at radius 3 is 2.67 bits per heavy atom. The largest absolute Gasteiger partial charge is 0.623 e. The predicted octanol–water partition coefficient (Wildman–Crippen LogP) is 1.68. The van der Waals surface area contributed by atoms with E-state index < -0.39 is 0 Å². The molecule has 0 aliphatic carbocycles. The van der Waals surface area contributed by atoms with Gasteiger partial charge in [-0.05, 0) is 6.07 Å². The van der Waals surface area contributed by atoms with Crippen molar-refractivity contribution in [2.45, 2.75) is 0 Å². The van der Waals surface area contributed by atoms with E-state index in [1.807, 2.05) is 0 Å². The van der Waals surface area contributed by atoms with E-state index in [9.17, 15) is 5.21 Å². The second-order valence-corrected chi connectivity index (χ2v) is 3.22. The molecule has 0 saturated carbocycles. The number of hydroxylamine groups is 1. The van der Waals surface area contributed by atoms with Gasteiger partial charge in [-0.3, -0.25) is 5.06 Å². The molecule has 5 heteroatoms. The summed E-state index contributed by atoms with van der Waals surface area (Å²) in [5.41, 5.74) is 1.11. The molecule has 3 nitrogen and oxygen atoms in total. The molecule has 0 amide bonds.